The van der Waals surface area contributed by atoms with Crippen molar-refractivity contribution in [1.82, 2.24) is 0 Å². The molecule has 0 bridgehead atoms. The zero-order chi connectivity index (χ0) is 13.2. The van der Waals surface area contributed by atoms with Gasteiger partial charge in [0.2, 0.25) is 0 Å². The highest BCUT2D eigenvalue weighted by atomic mass is 16.5. The van der Waals surface area contributed by atoms with E-state index in [1.165, 1.54) is 11.1 Å². The molecule has 0 amide bonds. The Hall–Kier alpha value is -0.900. The van der Waals surface area contributed by atoms with E-state index in [1.54, 1.807) is 7.11 Å². The molecule has 1 heterocycles. The molecular weight excluding hydrogens is 226 g/mol. The van der Waals surface area contributed by atoms with E-state index in [2.05, 4.69) is 32.0 Å². The fourth-order valence-corrected chi connectivity index (χ4v) is 2.85. The zero-order valence-electron chi connectivity index (χ0n) is 11.5. The lowest BCUT2D eigenvalue weighted by Crippen LogP contribution is -2.47. The highest BCUT2D eigenvalue weighted by molar-refractivity contribution is 5.32. The third-order valence-corrected chi connectivity index (χ3v) is 3.92. The van der Waals surface area contributed by atoms with Gasteiger partial charge in [0, 0.05) is 33.2 Å². The van der Waals surface area contributed by atoms with E-state index >= 15 is 0 Å². The van der Waals surface area contributed by atoms with E-state index < -0.39 is 0 Å². The summed E-state index contributed by atoms with van der Waals surface area (Å²) in [6.07, 6.45) is 1.72. The van der Waals surface area contributed by atoms with Gasteiger partial charge in [-0.3, -0.25) is 0 Å². The second-order valence-corrected chi connectivity index (χ2v) is 5.28. The van der Waals surface area contributed by atoms with Crippen LogP contribution in [0.15, 0.2) is 18.2 Å². The Morgan fingerprint density at radius 3 is 2.22 bits per heavy atom. The van der Waals surface area contributed by atoms with Gasteiger partial charge in [0.05, 0.1) is 11.6 Å². The minimum Gasteiger partial charge on any atom is -0.381 e. The number of methoxy groups -OCH3 is 1. The summed E-state index contributed by atoms with van der Waals surface area (Å²) in [6, 6.07) is 6.39. The lowest BCUT2D eigenvalue weighted by Gasteiger charge is -2.40. The van der Waals surface area contributed by atoms with Gasteiger partial charge in [-0.1, -0.05) is 29.3 Å². The predicted octanol–water partition coefficient (Wildman–Crippen LogP) is 2.50. The summed E-state index contributed by atoms with van der Waals surface area (Å²) in [4.78, 5) is 0. The molecule has 18 heavy (non-hydrogen) atoms. The third-order valence-electron chi connectivity index (χ3n) is 3.92. The van der Waals surface area contributed by atoms with Crippen molar-refractivity contribution in [2.75, 3.05) is 20.3 Å². The Balaban J connectivity index is 2.30. The summed E-state index contributed by atoms with van der Waals surface area (Å²) >= 11 is 0. The van der Waals surface area contributed by atoms with Crippen molar-refractivity contribution in [1.29, 1.82) is 0 Å². The normalized spacial score (nSPS) is 20.7. The highest BCUT2D eigenvalue weighted by Gasteiger charge is 2.39. The second-order valence-electron chi connectivity index (χ2n) is 5.28. The molecule has 1 saturated heterocycles. The van der Waals surface area contributed by atoms with Crippen LogP contribution in [0.25, 0.3) is 0 Å². The monoisotopic (exact) mass is 249 g/mol. The van der Waals surface area contributed by atoms with Crippen molar-refractivity contribution >= 4 is 0 Å². The Kier molecular flexibility index (Phi) is 4.05. The molecule has 1 aromatic rings. The average molecular weight is 249 g/mol. The molecule has 0 saturated carbocycles. The molecule has 0 aliphatic carbocycles. The van der Waals surface area contributed by atoms with Crippen LogP contribution in [0.5, 0.6) is 0 Å². The predicted molar refractivity (Wildman–Crippen MR) is 72.6 cm³/mol. The zero-order valence-corrected chi connectivity index (χ0v) is 11.5. The quantitative estimate of drug-likeness (QED) is 0.895. The Bertz CT molecular complexity index is 391. The van der Waals surface area contributed by atoms with Gasteiger partial charge in [0.15, 0.2) is 0 Å². The minimum absolute atomic E-state index is 0.0926. The molecule has 0 aromatic heterocycles. The van der Waals surface area contributed by atoms with Crippen LogP contribution in [0.3, 0.4) is 0 Å². The first-order chi connectivity index (χ1) is 8.57. The van der Waals surface area contributed by atoms with Crippen LogP contribution in [0.2, 0.25) is 0 Å². The molecule has 1 aliphatic rings. The first kappa shape index (κ1) is 13.5. The van der Waals surface area contributed by atoms with Gasteiger partial charge >= 0.3 is 0 Å². The minimum atomic E-state index is -0.279. The molecule has 1 aromatic carbocycles. The van der Waals surface area contributed by atoms with E-state index in [0.717, 1.165) is 31.6 Å². The van der Waals surface area contributed by atoms with Crippen LogP contribution in [0.1, 0.15) is 35.6 Å². The first-order valence-electron chi connectivity index (χ1n) is 6.54. The fraction of sp³-hybridized carbons (Fsp3) is 0.600. The van der Waals surface area contributed by atoms with Crippen molar-refractivity contribution in [3.63, 3.8) is 0 Å². The standard InChI is InChI=1S/C15H23NO2/c1-11-8-12(2)10-13(9-11)14(16)15(17-3)4-6-18-7-5-15/h8-10,14H,4-7,16H2,1-3H3. The van der Waals surface area contributed by atoms with Crippen LogP contribution in [0, 0.1) is 13.8 Å². The van der Waals surface area contributed by atoms with Gasteiger partial charge < -0.3 is 15.2 Å². The van der Waals surface area contributed by atoms with Crippen LogP contribution in [0.4, 0.5) is 0 Å². The Labute approximate surface area is 109 Å². The number of rotatable bonds is 3. The number of ether oxygens (including phenoxy) is 2. The SMILES string of the molecule is COC1(C(N)c2cc(C)cc(C)c2)CCOCC1. The molecule has 3 nitrogen and oxygen atoms in total. The van der Waals surface area contributed by atoms with Crippen molar-refractivity contribution < 1.29 is 9.47 Å². The Morgan fingerprint density at radius 1 is 1.17 bits per heavy atom. The summed E-state index contributed by atoms with van der Waals surface area (Å²) < 4.78 is 11.2. The van der Waals surface area contributed by atoms with E-state index in [0.29, 0.717) is 0 Å². The fourth-order valence-electron chi connectivity index (χ4n) is 2.85. The van der Waals surface area contributed by atoms with Crippen molar-refractivity contribution in [3.05, 3.63) is 34.9 Å². The molecule has 3 heteroatoms. The maximum absolute atomic E-state index is 6.47. The molecule has 100 valence electrons. The summed E-state index contributed by atoms with van der Waals surface area (Å²) in [5, 5.41) is 0. The van der Waals surface area contributed by atoms with Crippen LogP contribution in [-0.4, -0.2) is 25.9 Å². The summed E-state index contributed by atoms with van der Waals surface area (Å²) in [6.45, 7) is 5.66. The molecule has 0 radical (unpaired) electrons. The maximum atomic E-state index is 6.47. The summed E-state index contributed by atoms with van der Waals surface area (Å²) in [5.74, 6) is 0. The first-order valence-corrected chi connectivity index (χ1v) is 6.54. The molecule has 0 spiro atoms. The van der Waals surface area contributed by atoms with Crippen molar-refractivity contribution in [3.8, 4) is 0 Å². The van der Waals surface area contributed by atoms with E-state index in [-0.39, 0.29) is 11.6 Å². The van der Waals surface area contributed by atoms with Gasteiger partial charge in [-0.25, -0.2) is 0 Å². The van der Waals surface area contributed by atoms with Crippen molar-refractivity contribution in [2.24, 2.45) is 5.73 Å². The molecule has 1 unspecified atom stereocenters. The number of benzene rings is 1. The molecule has 1 fully saturated rings. The van der Waals surface area contributed by atoms with Gasteiger partial charge in [-0.15, -0.1) is 0 Å². The summed E-state index contributed by atoms with van der Waals surface area (Å²) in [5.41, 5.74) is 9.85. The van der Waals surface area contributed by atoms with E-state index in [1.807, 2.05) is 0 Å². The topological polar surface area (TPSA) is 44.5 Å². The molecule has 2 rings (SSSR count). The number of nitrogens with two attached hydrogens (primary N) is 1. The van der Waals surface area contributed by atoms with Crippen molar-refractivity contribution in [2.45, 2.75) is 38.3 Å². The van der Waals surface area contributed by atoms with Gasteiger partial charge in [0.25, 0.3) is 0 Å². The van der Waals surface area contributed by atoms with Crippen LogP contribution < -0.4 is 5.73 Å². The maximum Gasteiger partial charge on any atom is 0.0914 e. The highest BCUT2D eigenvalue weighted by Crippen LogP contribution is 2.36. The smallest absolute Gasteiger partial charge is 0.0914 e. The van der Waals surface area contributed by atoms with Crippen LogP contribution >= 0.6 is 0 Å². The number of hydrogen-bond donors (Lipinski definition) is 1. The molecule has 1 aliphatic heterocycles. The summed E-state index contributed by atoms with van der Waals surface area (Å²) in [7, 11) is 1.76. The lowest BCUT2D eigenvalue weighted by atomic mass is 9.82. The largest absolute Gasteiger partial charge is 0.381 e. The van der Waals surface area contributed by atoms with E-state index in [4.69, 9.17) is 15.2 Å². The third kappa shape index (κ3) is 2.58. The lowest BCUT2D eigenvalue weighted by molar-refractivity contribution is -0.105. The second kappa shape index (κ2) is 5.39. The average Bonchev–Trinajstić information content (AvgIpc) is 2.37. The molecular formula is C15H23NO2. The number of aryl methyl sites for hydroxylation is 2. The van der Waals surface area contributed by atoms with Gasteiger partial charge in [-0.2, -0.15) is 0 Å². The Morgan fingerprint density at radius 2 is 1.72 bits per heavy atom. The number of hydrogen-bond acceptors (Lipinski definition) is 3. The van der Waals surface area contributed by atoms with E-state index in [9.17, 15) is 0 Å². The van der Waals surface area contributed by atoms with Gasteiger partial charge in [0.1, 0.15) is 0 Å². The molecule has 2 N–H and O–H groups in total. The van der Waals surface area contributed by atoms with Gasteiger partial charge in [-0.05, 0) is 19.4 Å². The van der Waals surface area contributed by atoms with Crippen LogP contribution in [-0.2, 0) is 9.47 Å². The molecule has 1 atom stereocenters.